The number of rotatable bonds is 4. The Kier molecular flexibility index (Phi) is 4.33. The molecule has 0 aromatic heterocycles. The van der Waals surface area contributed by atoms with Gasteiger partial charge < -0.3 is 14.2 Å². The van der Waals surface area contributed by atoms with Crippen molar-refractivity contribution in [1.82, 2.24) is 0 Å². The largest absolute Gasteiger partial charge is 0.460 e. The molecule has 1 aromatic carbocycles. The Balaban J connectivity index is 1.96. The number of hydrogen-bond acceptors (Lipinski definition) is 4. The molecule has 1 fully saturated rings. The minimum atomic E-state index is -0.278. The smallest absolute Gasteiger partial charge is 0.308 e. The first-order valence-electron chi connectivity index (χ1n) is 6.08. The van der Waals surface area contributed by atoms with Gasteiger partial charge in [-0.1, -0.05) is 30.3 Å². The second-order valence-corrected chi connectivity index (χ2v) is 4.43. The summed E-state index contributed by atoms with van der Waals surface area (Å²) < 4.78 is 16.3. The zero-order valence-corrected chi connectivity index (χ0v) is 10.7. The van der Waals surface area contributed by atoms with E-state index in [1.54, 1.807) is 7.11 Å². The first-order chi connectivity index (χ1) is 8.70. The SMILES string of the molecule is CO[C@H]1CC(=O)O[C@@H](C)[C@@H]1OCc1ccccc1. The van der Waals surface area contributed by atoms with Crippen molar-refractivity contribution < 1.29 is 19.0 Å². The van der Waals surface area contributed by atoms with Crippen LogP contribution in [0.25, 0.3) is 0 Å². The van der Waals surface area contributed by atoms with Crippen molar-refractivity contribution in [2.75, 3.05) is 7.11 Å². The summed E-state index contributed by atoms with van der Waals surface area (Å²) in [5, 5.41) is 0. The number of esters is 1. The molecule has 4 heteroatoms. The van der Waals surface area contributed by atoms with Gasteiger partial charge in [0.1, 0.15) is 12.2 Å². The van der Waals surface area contributed by atoms with Gasteiger partial charge in [-0.15, -0.1) is 0 Å². The fraction of sp³-hybridized carbons (Fsp3) is 0.500. The van der Waals surface area contributed by atoms with Gasteiger partial charge in [0.15, 0.2) is 0 Å². The molecule has 1 aliphatic heterocycles. The predicted molar refractivity (Wildman–Crippen MR) is 66.0 cm³/mol. The molecule has 0 saturated carbocycles. The molecule has 1 saturated heterocycles. The maximum Gasteiger partial charge on any atom is 0.308 e. The molecule has 18 heavy (non-hydrogen) atoms. The number of hydrogen-bond donors (Lipinski definition) is 0. The fourth-order valence-electron chi connectivity index (χ4n) is 2.13. The molecule has 0 spiro atoms. The van der Waals surface area contributed by atoms with Crippen LogP contribution in [0.15, 0.2) is 30.3 Å². The number of cyclic esters (lactones) is 1. The molecule has 4 nitrogen and oxygen atoms in total. The summed E-state index contributed by atoms with van der Waals surface area (Å²) >= 11 is 0. The summed E-state index contributed by atoms with van der Waals surface area (Å²) in [6.45, 7) is 2.33. The third kappa shape index (κ3) is 3.09. The highest BCUT2D eigenvalue weighted by Gasteiger charge is 2.37. The molecule has 3 atom stereocenters. The second kappa shape index (κ2) is 5.98. The van der Waals surface area contributed by atoms with Gasteiger partial charge in [0.2, 0.25) is 0 Å². The van der Waals surface area contributed by atoms with Crippen molar-refractivity contribution in [2.24, 2.45) is 0 Å². The summed E-state index contributed by atoms with van der Waals surface area (Å²) in [6, 6.07) is 9.91. The third-order valence-electron chi connectivity index (χ3n) is 3.10. The Morgan fingerprint density at radius 3 is 2.72 bits per heavy atom. The topological polar surface area (TPSA) is 44.8 Å². The Hall–Kier alpha value is -1.39. The molecule has 1 aliphatic rings. The minimum Gasteiger partial charge on any atom is -0.460 e. The Morgan fingerprint density at radius 1 is 1.33 bits per heavy atom. The quantitative estimate of drug-likeness (QED) is 0.766. The van der Waals surface area contributed by atoms with Crippen LogP contribution in [0.4, 0.5) is 0 Å². The maximum atomic E-state index is 11.3. The lowest BCUT2D eigenvalue weighted by molar-refractivity contribution is -0.188. The number of ether oxygens (including phenoxy) is 3. The van der Waals surface area contributed by atoms with Crippen molar-refractivity contribution >= 4 is 5.97 Å². The molecule has 0 radical (unpaired) electrons. The van der Waals surface area contributed by atoms with Gasteiger partial charge in [-0.25, -0.2) is 0 Å². The number of methoxy groups -OCH3 is 1. The summed E-state index contributed by atoms with van der Waals surface area (Å²) in [5.74, 6) is -0.228. The average Bonchev–Trinajstić information content (AvgIpc) is 2.38. The summed E-state index contributed by atoms with van der Waals surface area (Å²) in [4.78, 5) is 11.3. The summed E-state index contributed by atoms with van der Waals surface area (Å²) in [6.07, 6.45) is -0.474. The normalized spacial score (nSPS) is 27.9. The van der Waals surface area contributed by atoms with Crippen LogP contribution < -0.4 is 0 Å². The van der Waals surface area contributed by atoms with Crippen LogP contribution >= 0.6 is 0 Å². The molecule has 0 bridgehead atoms. The van der Waals surface area contributed by atoms with Gasteiger partial charge in [-0.2, -0.15) is 0 Å². The van der Waals surface area contributed by atoms with Crippen LogP contribution in [0, 0.1) is 0 Å². The molecule has 1 aromatic rings. The van der Waals surface area contributed by atoms with Crippen LogP contribution in [-0.4, -0.2) is 31.4 Å². The monoisotopic (exact) mass is 250 g/mol. The summed E-state index contributed by atoms with van der Waals surface area (Å²) in [7, 11) is 1.59. The van der Waals surface area contributed by atoms with Gasteiger partial charge in [-0.3, -0.25) is 4.79 Å². The molecule has 1 heterocycles. The molecule has 0 unspecified atom stereocenters. The van der Waals surface area contributed by atoms with Gasteiger partial charge in [0.05, 0.1) is 19.1 Å². The average molecular weight is 250 g/mol. The minimum absolute atomic E-state index is 0.215. The highest BCUT2D eigenvalue weighted by atomic mass is 16.6. The first-order valence-corrected chi connectivity index (χ1v) is 6.08. The van der Waals surface area contributed by atoms with Gasteiger partial charge in [0, 0.05) is 7.11 Å². The van der Waals surface area contributed by atoms with Crippen molar-refractivity contribution in [1.29, 1.82) is 0 Å². The van der Waals surface area contributed by atoms with E-state index in [4.69, 9.17) is 14.2 Å². The maximum absolute atomic E-state index is 11.3. The van der Waals surface area contributed by atoms with E-state index < -0.39 is 0 Å². The Labute approximate surface area is 107 Å². The van der Waals surface area contributed by atoms with Crippen molar-refractivity contribution in [3.05, 3.63) is 35.9 Å². The molecule has 0 N–H and O–H groups in total. The molecule has 0 aliphatic carbocycles. The van der Waals surface area contributed by atoms with E-state index in [0.717, 1.165) is 5.56 Å². The Morgan fingerprint density at radius 2 is 2.06 bits per heavy atom. The molecule has 98 valence electrons. The second-order valence-electron chi connectivity index (χ2n) is 4.43. The Bertz CT molecular complexity index is 390. The zero-order valence-electron chi connectivity index (χ0n) is 10.7. The lowest BCUT2D eigenvalue weighted by Gasteiger charge is -2.34. The predicted octanol–water partition coefficient (Wildman–Crippen LogP) is 1.92. The first kappa shape index (κ1) is 13.1. The van der Waals surface area contributed by atoms with Crippen molar-refractivity contribution in [2.45, 2.75) is 38.3 Å². The van der Waals surface area contributed by atoms with Crippen LogP contribution in [0.5, 0.6) is 0 Å². The molecule has 2 rings (SSSR count). The van der Waals surface area contributed by atoms with E-state index in [9.17, 15) is 4.79 Å². The van der Waals surface area contributed by atoms with E-state index in [-0.39, 0.29) is 30.7 Å². The van der Waals surface area contributed by atoms with E-state index >= 15 is 0 Å². The molecular weight excluding hydrogens is 232 g/mol. The van der Waals surface area contributed by atoms with E-state index in [0.29, 0.717) is 6.61 Å². The lowest BCUT2D eigenvalue weighted by Crippen LogP contribution is -2.47. The summed E-state index contributed by atoms with van der Waals surface area (Å²) in [5.41, 5.74) is 1.09. The van der Waals surface area contributed by atoms with Gasteiger partial charge in [0.25, 0.3) is 0 Å². The number of carbonyl (C=O) groups excluding carboxylic acids is 1. The van der Waals surface area contributed by atoms with Crippen molar-refractivity contribution in [3.63, 3.8) is 0 Å². The fourth-order valence-corrected chi connectivity index (χ4v) is 2.13. The third-order valence-corrected chi connectivity index (χ3v) is 3.10. The van der Waals surface area contributed by atoms with Crippen LogP contribution in [0.1, 0.15) is 18.9 Å². The van der Waals surface area contributed by atoms with Crippen LogP contribution in [0.3, 0.4) is 0 Å². The van der Waals surface area contributed by atoms with E-state index in [2.05, 4.69) is 0 Å². The number of benzene rings is 1. The highest BCUT2D eigenvalue weighted by Crippen LogP contribution is 2.22. The zero-order chi connectivity index (χ0) is 13.0. The standard InChI is InChI=1S/C14H18O4/c1-10-14(12(16-2)8-13(15)18-10)17-9-11-6-4-3-5-7-11/h3-7,10,12,14H,8-9H2,1-2H3/t10-,12-,14-/m0/s1. The lowest BCUT2D eigenvalue weighted by atomic mass is 10.0. The van der Waals surface area contributed by atoms with Crippen LogP contribution in [0.2, 0.25) is 0 Å². The molecular formula is C14H18O4. The van der Waals surface area contributed by atoms with Gasteiger partial charge in [-0.05, 0) is 12.5 Å². The van der Waals surface area contributed by atoms with Crippen molar-refractivity contribution in [3.8, 4) is 0 Å². The highest BCUT2D eigenvalue weighted by molar-refractivity contribution is 5.71. The van der Waals surface area contributed by atoms with E-state index in [1.807, 2.05) is 37.3 Å². The van der Waals surface area contributed by atoms with Crippen LogP contribution in [-0.2, 0) is 25.6 Å². The van der Waals surface area contributed by atoms with Gasteiger partial charge >= 0.3 is 5.97 Å². The molecule has 0 amide bonds. The number of carbonyl (C=O) groups is 1. The van der Waals surface area contributed by atoms with E-state index in [1.165, 1.54) is 0 Å².